The minimum atomic E-state index is -0.134. The van der Waals surface area contributed by atoms with Crippen molar-refractivity contribution in [1.82, 2.24) is 4.90 Å². The highest BCUT2D eigenvalue weighted by Crippen LogP contribution is 2.16. The topological polar surface area (TPSA) is 49.8 Å². The predicted octanol–water partition coefficient (Wildman–Crippen LogP) is 1.59. The first kappa shape index (κ1) is 15.2. The minimum Gasteiger partial charge on any atom is -0.394 e. The summed E-state index contributed by atoms with van der Waals surface area (Å²) in [6, 6.07) is 9.69. The molecular formula is C16H23NO3. The van der Waals surface area contributed by atoms with Gasteiger partial charge in [0.15, 0.2) is 5.78 Å². The molecular weight excluding hydrogens is 254 g/mol. The van der Waals surface area contributed by atoms with Crippen molar-refractivity contribution in [2.24, 2.45) is 5.92 Å². The van der Waals surface area contributed by atoms with Gasteiger partial charge in [0.2, 0.25) is 0 Å². The van der Waals surface area contributed by atoms with E-state index in [-0.39, 0.29) is 30.5 Å². The molecule has 1 fully saturated rings. The number of aliphatic hydroxyl groups is 1. The van der Waals surface area contributed by atoms with Crippen LogP contribution in [0.4, 0.5) is 0 Å². The summed E-state index contributed by atoms with van der Waals surface area (Å²) in [4.78, 5) is 14.6. The average molecular weight is 277 g/mol. The molecule has 3 atom stereocenters. The van der Waals surface area contributed by atoms with Gasteiger partial charge in [0, 0.05) is 30.6 Å². The van der Waals surface area contributed by atoms with Crippen LogP contribution in [0.2, 0.25) is 0 Å². The second-order valence-corrected chi connectivity index (χ2v) is 5.57. The van der Waals surface area contributed by atoms with Crippen molar-refractivity contribution in [1.29, 1.82) is 0 Å². The van der Waals surface area contributed by atoms with Crippen LogP contribution in [-0.2, 0) is 4.74 Å². The number of morpholine rings is 1. The highest BCUT2D eigenvalue weighted by atomic mass is 16.5. The Morgan fingerprint density at radius 2 is 2.15 bits per heavy atom. The summed E-state index contributed by atoms with van der Waals surface area (Å²) < 4.78 is 5.52. The van der Waals surface area contributed by atoms with Crippen LogP contribution >= 0.6 is 0 Å². The van der Waals surface area contributed by atoms with E-state index in [0.29, 0.717) is 19.7 Å². The molecule has 20 heavy (non-hydrogen) atoms. The molecule has 1 aliphatic heterocycles. The molecule has 0 bridgehead atoms. The zero-order chi connectivity index (χ0) is 14.5. The van der Waals surface area contributed by atoms with E-state index in [2.05, 4.69) is 11.8 Å². The standard InChI is InChI=1S/C16H23NO3/c1-12(16(19)14-6-4-3-5-7-14)8-17-9-15(10-18)20-11-13(17)2/h3-7,12-13,15,18H,8-11H2,1-2H3. The summed E-state index contributed by atoms with van der Waals surface area (Å²) in [6.07, 6.45) is -0.134. The van der Waals surface area contributed by atoms with Crippen molar-refractivity contribution in [2.45, 2.75) is 26.0 Å². The number of ether oxygens (including phenoxy) is 1. The fraction of sp³-hybridized carbons (Fsp3) is 0.562. The molecule has 1 aromatic carbocycles. The average Bonchev–Trinajstić information content (AvgIpc) is 2.49. The van der Waals surface area contributed by atoms with Crippen LogP contribution in [0.5, 0.6) is 0 Å². The van der Waals surface area contributed by atoms with Gasteiger partial charge in [-0.3, -0.25) is 9.69 Å². The van der Waals surface area contributed by atoms with E-state index in [1.54, 1.807) is 0 Å². The zero-order valence-corrected chi connectivity index (χ0v) is 12.2. The molecule has 1 aromatic rings. The smallest absolute Gasteiger partial charge is 0.166 e. The number of carbonyl (C=O) groups excluding carboxylic acids is 1. The van der Waals surface area contributed by atoms with E-state index < -0.39 is 0 Å². The molecule has 4 nitrogen and oxygen atoms in total. The molecule has 3 unspecified atom stereocenters. The largest absolute Gasteiger partial charge is 0.394 e. The normalized spacial score (nSPS) is 25.4. The third-order valence-corrected chi connectivity index (χ3v) is 3.85. The van der Waals surface area contributed by atoms with Crippen molar-refractivity contribution in [3.8, 4) is 0 Å². The lowest BCUT2D eigenvalue weighted by Crippen LogP contribution is -2.51. The van der Waals surface area contributed by atoms with Gasteiger partial charge in [-0.1, -0.05) is 37.3 Å². The molecule has 1 heterocycles. The first-order valence-electron chi connectivity index (χ1n) is 7.17. The molecule has 0 aliphatic carbocycles. The molecule has 4 heteroatoms. The Hall–Kier alpha value is -1.23. The van der Waals surface area contributed by atoms with Gasteiger partial charge in [-0.2, -0.15) is 0 Å². The Labute approximate surface area is 120 Å². The Morgan fingerprint density at radius 3 is 2.80 bits per heavy atom. The van der Waals surface area contributed by atoms with Gasteiger partial charge in [0.25, 0.3) is 0 Å². The second-order valence-electron chi connectivity index (χ2n) is 5.57. The summed E-state index contributed by atoms with van der Waals surface area (Å²) in [5.41, 5.74) is 0.764. The Morgan fingerprint density at radius 1 is 1.45 bits per heavy atom. The van der Waals surface area contributed by atoms with Gasteiger partial charge < -0.3 is 9.84 Å². The lowest BCUT2D eigenvalue weighted by Gasteiger charge is -2.38. The summed E-state index contributed by atoms with van der Waals surface area (Å²) in [5, 5.41) is 9.20. The third kappa shape index (κ3) is 3.66. The van der Waals surface area contributed by atoms with Gasteiger partial charge in [-0.05, 0) is 6.92 Å². The van der Waals surface area contributed by atoms with Crippen LogP contribution in [0.25, 0.3) is 0 Å². The number of nitrogens with zero attached hydrogens (tertiary/aromatic N) is 1. The van der Waals surface area contributed by atoms with Crippen molar-refractivity contribution in [2.75, 3.05) is 26.3 Å². The molecule has 0 saturated carbocycles. The van der Waals surface area contributed by atoms with E-state index in [9.17, 15) is 9.90 Å². The van der Waals surface area contributed by atoms with Gasteiger partial charge in [-0.25, -0.2) is 0 Å². The van der Waals surface area contributed by atoms with Crippen LogP contribution in [0.3, 0.4) is 0 Å². The summed E-state index contributed by atoms with van der Waals surface area (Å²) in [6.45, 7) is 6.08. The van der Waals surface area contributed by atoms with Crippen molar-refractivity contribution >= 4 is 5.78 Å². The van der Waals surface area contributed by atoms with Crippen LogP contribution in [0.1, 0.15) is 24.2 Å². The van der Waals surface area contributed by atoms with Crippen molar-refractivity contribution < 1.29 is 14.6 Å². The molecule has 2 rings (SSSR count). The Balaban J connectivity index is 1.96. The number of Topliss-reactive ketones (excluding diaryl/α,β-unsaturated/α-hetero) is 1. The summed E-state index contributed by atoms with van der Waals surface area (Å²) >= 11 is 0. The van der Waals surface area contributed by atoms with Crippen molar-refractivity contribution in [3.63, 3.8) is 0 Å². The van der Waals surface area contributed by atoms with E-state index in [1.807, 2.05) is 37.3 Å². The Kier molecular flexibility index (Phi) is 5.29. The molecule has 1 N–H and O–H groups in total. The first-order chi connectivity index (χ1) is 9.61. The number of carbonyl (C=O) groups is 1. The Bertz CT molecular complexity index is 435. The molecule has 0 amide bonds. The van der Waals surface area contributed by atoms with Crippen LogP contribution in [0, 0.1) is 5.92 Å². The monoisotopic (exact) mass is 277 g/mol. The van der Waals surface area contributed by atoms with Gasteiger partial charge in [0.1, 0.15) is 0 Å². The molecule has 1 saturated heterocycles. The van der Waals surface area contributed by atoms with E-state index in [4.69, 9.17) is 4.74 Å². The summed E-state index contributed by atoms with van der Waals surface area (Å²) in [5.74, 6) is 0.113. The van der Waals surface area contributed by atoms with Gasteiger partial charge in [0.05, 0.1) is 19.3 Å². The maximum absolute atomic E-state index is 12.4. The zero-order valence-electron chi connectivity index (χ0n) is 12.2. The van der Waals surface area contributed by atoms with Gasteiger partial charge >= 0.3 is 0 Å². The fourth-order valence-electron chi connectivity index (χ4n) is 2.56. The summed E-state index contributed by atoms with van der Waals surface area (Å²) in [7, 11) is 0. The lowest BCUT2D eigenvalue weighted by molar-refractivity contribution is -0.0798. The lowest BCUT2D eigenvalue weighted by atomic mass is 9.98. The highest BCUT2D eigenvalue weighted by molar-refractivity contribution is 5.97. The number of rotatable bonds is 5. The molecule has 0 radical (unpaired) electrons. The van der Waals surface area contributed by atoms with E-state index in [0.717, 1.165) is 5.56 Å². The number of aliphatic hydroxyl groups excluding tert-OH is 1. The highest BCUT2D eigenvalue weighted by Gasteiger charge is 2.28. The minimum absolute atomic E-state index is 0.0320. The first-order valence-corrected chi connectivity index (χ1v) is 7.17. The number of ketones is 1. The fourth-order valence-corrected chi connectivity index (χ4v) is 2.56. The van der Waals surface area contributed by atoms with Crippen molar-refractivity contribution in [3.05, 3.63) is 35.9 Å². The second kappa shape index (κ2) is 6.97. The van der Waals surface area contributed by atoms with Crippen LogP contribution in [-0.4, -0.2) is 54.2 Å². The molecule has 110 valence electrons. The predicted molar refractivity (Wildman–Crippen MR) is 77.8 cm³/mol. The quantitative estimate of drug-likeness (QED) is 0.830. The third-order valence-electron chi connectivity index (χ3n) is 3.85. The molecule has 0 spiro atoms. The molecule has 1 aliphatic rings. The SMILES string of the molecule is CC(CN1CC(CO)OCC1C)C(=O)c1ccccc1. The van der Waals surface area contributed by atoms with E-state index >= 15 is 0 Å². The van der Waals surface area contributed by atoms with Gasteiger partial charge in [-0.15, -0.1) is 0 Å². The number of hydrogen-bond donors (Lipinski definition) is 1. The number of hydrogen-bond acceptors (Lipinski definition) is 4. The van der Waals surface area contributed by atoms with E-state index in [1.165, 1.54) is 0 Å². The van der Waals surface area contributed by atoms with Crippen LogP contribution in [0.15, 0.2) is 30.3 Å². The number of benzene rings is 1. The maximum Gasteiger partial charge on any atom is 0.166 e. The maximum atomic E-state index is 12.4. The van der Waals surface area contributed by atoms with Crippen LogP contribution < -0.4 is 0 Å². The molecule has 0 aromatic heterocycles.